The molecule has 0 fully saturated rings. The van der Waals surface area contributed by atoms with Gasteiger partial charge in [0.15, 0.2) is 0 Å². The first kappa shape index (κ1) is 11.4. The van der Waals surface area contributed by atoms with Crippen LogP contribution in [0.1, 0.15) is 26.2 Å². The van der Waals surface area contributed by atoms with Crippen LogP contribution in [0.2, 0.25) is 0 Å². The summed E-state index contributed by atoms with van der Waals surface area (Å²) in [4.78, 5) is 14.1. The molecule has 0 unspecified atom stereocenters. The van der Waals surface area contributed by atoms with Crippen LogP contribution < -0.4 is 0 Å². The minimum Gasteiger partial charge on any atom is -0.481 e. The Morgan fingerprint density at radius 3 is 2.83 bits per heavy atom. The lowest BCUT2D eigenvalue weighted by atomic mass is 10.4. The van der Waals surface area contributed by atoms with Gasteiger partial charge in [-0.05, 0) is 28.4 Å². The molecule has 0 aliphatic heterocycles. The SMILES string of the molecule is CCCC=N/C(Br)=C\CC(=O)O. The predicted octanol–water partition coefficient (Wildman–Crippen LogP) is 2.57. The Morgan fingerprint density at radius 1 is 1.67 bits per heavy atom. The van der Waals surface area contributed by atoms with Crippen LogP contribution in [-0.2, 0) is 4.79 Å². The predicted molar refractivity (Wildman–Crippen MR) is 52.7 cm³/mol. The van der Waals surface area contributed by atoms with Crippen LogP contribution in [-0.4, -0.2) is 17.3 Å². The number of hydrogen-bond acceptors (Lipinski definition) is 2. The highest BCUT2D eigenvalue weighted by molar-refractivity contribution is 9.11. The molecule has 0 aromatic heterocycles. The summed E-state index contributed by atoms with van der Waals surface area (Å²) in [6.45, 7) is 2.06. The van der Waals surface area contributed by atoms with Crippen molar-refractivity contribution in [3.63, 3.8) is 0 Å². The van der Waals surface area contributed by atoms with Crippen LogP contribution >= 0.6 is 15.9 Å². The van der Waals surface area contributed by atoms with Gasteiger partial charge in [-0.3, -0.25) is 9.79 Å². The van der Waals surface area contributed by atoms with Crippen molar-refractivity contribution in [3.8, 4) is 0 Å². The Hall–Kier alpha value is -0.640. The van der Waals surface area contributed by atoms with E-state index in [1.165, 1.54) is 6.08 Å². The quantitative estimate of drug-likeness (QED) is 0.587. The average molecular weight is 234 g/mol. The minimum atomic E-state index is -0.849. The fourth-order valence-electron chi connectivity index (χ4n) is 0.505. The second-order valence-electron chi connectivity index (χ2n) is 2.23. The van der Waals surface area contributed by atoms with Crippen molar-refractivity contribution in [2.75, 3.05) is 0 Å². The summed E-state index contributed by atoms with van der Waals surface area (Å²) >= 11 is 3.14. The van der Waals surface area contributed by atoms with Gasteiger partial charge in [0.1, 0.15) is 4.61 Å². The number of rotatable bonds is 5. The lowest BCUT2D eigenvalue weighted by Crippen LogP contribution is -1.90. The fourth-order valence-corrected chi connectivity index (χ4v) is 0.812. The smallest absolute Gasteiger partial charge is 0.307 e. The maximum atomic E-state index is 10.1. The third-order valence-corrected chi connectivity index (χ3v) is 1.61. The van der Waals surface area contributed by atoms with E-state index in [1.54, 1.807) is 6.21 Å². The maximum Gasteiger partial charge on any atom is 0.307 e. The van der Waals surface area contributed by atoms with Crippen LogP contribution in [0.25, 0.3) is 0 Å². The molecule has 0 saturated carbocycles. The topological polar surface area (TPSA) is 49.7 Å². The van der Waals surface area contributed by atoms with Crippen molar-refractivity contribution < 1.29 is 9.90 Å². The first-order valence-electron chi connectivity index (χ1n) is 3.76. The third kappa shape index (κ3) is 7.47. The zero-order valence-electron chi connectivity index (χ0n) is 6.96. The molecular formula is C8H12BrNO2. The van der Waals surface area contributed by atoms with Gasteiger partial charge >= 0.3 is 5.97 Å². The zero-order valence-corrected chi connectivity index (χ0v) is 8.54. The van der Waals surface area contributed by atoms with Crippen LogP contribution in [0, 0.1) is 0 Å². The van der Waals surface area contributed by atoms with Crippen molar-refractivity contribution in [3.05, 3.63) is 10.7 Å². The molecule has 0 aromatic carbocycles. The van der Waals surface area contributed by atoms with E-state index in [1.807, 2.05) is 0 Å². The monoisotopic (exact) mass is 233 g/mol. The molecule has 4 heteroatoms. The molecule has 1 N–H and O–H groups in total. The molecule has 0 spiro atoms. The van der Waals surface area contributed by atoms with Crippen molar-refractivity contribution in [2.24, 2.45) is 4.99 Å². The van der Waals surface area contributed by atoms with Crippen LogP contribution in [0.15, 0.2) is 15.7 Å². The molecule has 0 radical (unpaired) electrons. The van der Waals surface area contributed by atoms with Crippen LogP contribution in [0.4, 0.5) is 0 Å². The average Bonchev–Trinajstić information content (AvgIpc) is 2.01. The highest BCUT2D eigenvalue weighted by atomic mass is 79.9. The number of unbranched alkanes of at least 4 members (excludes halogenated alkanes) is 1. The summed E-state index contributed by atoms with van der Waals surface area (Å²) in [6, 6.07) is 0. The molecule has 0 rings (SSSR count). The normalized spacial score (nSPS) is 12.3. The number of carboxylic acids is 1. The highest BCUT2D eigenvalue weighted by Gasteiger charge is 1.92. The largest absolute Gasteiger partial charge is 0.481 e. The maximum absolute atomic E-state index is 10.1. The van der Waals surface area contributed by atoms with Gasteiger partial charge in [-0.15, -0.1) is 0 Å². The lowest BCUT2D eigenvalue weighted by molar-refractivity contribution is -0.136. The highest BCUT2D eigenvalue weighted by Crippen LogP contribution is 2.07. The molecule has 0 aliphatic carbocycles. The number of hydrogen-bond donors (Lipinski definition) is 1. The second kappa shape index (κ2) is 7.03. The van der Waals surface area contributed by atoms with E-state index in [2.05, 4.69) is 27.8 Å². The number of aliphatic carboxylic acids is 1. The van der Waals surface area contributed by atoms with E-state index >= 15 is 0 Å². The first-order chi connectivity index (χ1) is 5.66. The van der Waals surface area contributed by atoms with Crippen molar-refractivity contribution in [1.29, 1.82) is 0 Å². The van der Waals surface area contributed by atoms with E-state index in [9.17, 15) is 4.79 Å². The van der Waals surface area contributed by atoms with Gasteiger partial charge in [0.05, 0.1) is 6.42 Å². The molecule has 3 nitrogen and oxygen atoms in total. The Labute approximate surface area is 80.3 Å². The molecule has 68 valence electrons. The van der Waals surface area contributed by atoms with Gasteiger partial charge in [0.2, 0.25) is 0 Å². The van der Waals surface area contributed by atoms with E-state index in [-0.39, 0.29) is 6.42 Å². The Bertz CT molecular complexity index is 199. The first-order valence-corrected chi connectivity index (χ1v) is 4.56. The number of nitrogens with zero attached hydrogens (tertiary/aromatic N) is 1. The summed E-state index contributed by atoms with van der Waals surface area (Å²) in [5.74, 6) is -0.849. The van der Waals surface area contributed by atoms with Gasteiger partial charge in [-0.1, -0.05) is 13.3 Å². The zero-order chi connectivity index (χ0) is 9.40. The van der Waals surface area contributed by atoms with Crippen molar-refractivity contribution >= 4 is 28.1 Å². The molecule has 0 saturated heterocycles. The second-order valence-corrected chi connectivity index (χ2v) is 3.04. The van der Waals surface area contributed by atoms with Crippen LogP contribution in [0.5, 0.6) is 0 Å². The fraction of sp³-hybridized carbons (Fsp3) is 0.500. The Morgan fingerprint density at radius 2 is 2.33 bits per heavy atom. The van der Waals surface area contributed by atoms with E-state index < -0.39 is 5.97 Å². The summed E-state index contributed by atoms with van der Waals surface area (Å²) < 4.78 is 0.582. The van der Waals surface area contributed by atoms with Gasteiger partial charge < -0.3 is 5.11 Å². The standard InChI is InChI=1S/C8H12BrNO2/c1-2-3-6-10-7(9)4-5-8(11)12/h4,6H,2-3,5H2,1H3,(H,11,12)/b7-4-,10-6?. The van der Waals surface area contributed by atoms with Crippen LogP contribution in [0.3, 0.4) is 0 Å². The number of aliphatic imine (C=N–C) groups is 1. The molecule has 0 heterocycles. The summed E-state index contributed by atoms with van der Waals surface area (Å²) in [5.41, 5.74) is 0. The number of carbonyl (C=O) groups is 1. The molecule has 0 bridgehead atoms. The molecule has 12 heavy (non-hydrogen) atoms. The molecule has 0 aliphatic rings. The van der Waals surface area contributed by atoms with Crippen molar-refractivity contribution in [2.45, 2.75) is 26.2 Å². The van der Waals surface area contributed by atoms with Gasteiger partial charge in [-0.25, -0.2) is 0 Å². The van der Waals surface area contributed by atoms with E-state index in [0.717, 1.165) is 12.8 Å². The number of halogens is 1. The van der Waals surface area contributed by atoms with E-state index in [0.29, 0.717) is 4.61 Å². The summed E-state index contributed by atoms with van der Waals surface area (Å²) in [6.07, 6.45) is 5.25. The summed E-state index contributed by atoms with van der Waals surface area (Å²) in [5, 5.41) is 8.32. The third-order valence-electron chi connectivity index (χ3n) is 1.08. The minimum absolute atomic E-state index is 0.00402. The molecule has 0 aromatic rings. The van der Waals surface area contributed by atoms with Gasteiger partial charge in [0.25, 0.3) is 0 Å². The molecule has 0 amide bonds. The van der Waals surface area contributed by atoms with Gasteiger partial charge in [-0.2, -0.15) is 0 Å². The van der Waals surface area contributed by atoms with Crippen molar-refractivity contribution in [1.82, 2.24) is 0 Å². The molecular weight excluding hydrogens is 222 g/mol. The Kier molecular flexibility index (Phi) is 6.66. The number of carboxylic acid groups (broad SMARTS) is 1. The van der Waals surface area contributed by atoms with Gasteiger partial charge in [0, 0.05) is 6.21 Å². The molecule has 0 atom stereocenters. The Balaban J connectivity index is 3.76. The summed E-state index contributed by atoms with van der Waals surface area (Å²) in [7, 11) is 0. The van der Waals surface area contributed by atoms with E-state index in [4.69, 9.17) is 5.11 Å². The lowest BCUT2D eigenvalue weighted by Gasteiger charge is -1.88.